The van der Waals surface area contributed by atoms with Crippen LogP contribution in [0.4, 0.5) is 5.69 Å². The number of aromatic nitrogens is 1. The standard InChI is InChI=1S/C22H23N3O5S/c26-21(24-12-11-15-5-1-4-8-18(15)24)14-25-19-10-9-17(13-20(19)30-22(25)27)31(28,29)23-16-6-2-3-7-16/h1,4-5,8-10,13,16,23H,2-3,6-7,11-12,14H2. The fourth-order valence-corrected chi connectivity index (χ4v) is 5.83. The topological polar surface area (TPSA) is 102 Å². The molecule has 162 valence electrons. The minimum Gasteiger partial charge on any atom is -0.408 e. The second-order valence-corrected chi connectivity index (χ2v) is 9.82. The molecule has 0 unspecified atom stereocenters. The molecular formula is C22H23N3O5S. The zero-order valence-corrected chi connectivity index (χ0v) is 17.7. The van der Waals surface area contributed by atoms with Gasteiger partial charge in [0.1, 0.15) is 6.54 Å². The Morgan fingerprint density at radius 1 is 1.13 bits per heavy atom. The first-order chi connectivity index (χ1) is 14.9. The second-order valence-electron chi connectivity index (χ2n) is 8.11. The maximum Gasteiger partial charge on any atom is 0.420 e. The summed E-state index contributed by atoms with van der Waals surface area (Å²) in [4.78, 5) is 27.1. The molecule has 1 N–H and O–H groups in total. The van der Waals surface area contributed by atoms with E-state index in [0.29, 0.717) is 12.1 Å². The first kappa shape index (κ1) is 20.0. The smallest absolute Gasteiger partial charge is 0.408 e. The Morgan fingerprint density at radius 2 is 1.90 bits per heavy atom. The van der Waals surface area contributed by atoms with Crippen LogP contribution in [0.15, 0.2) is 56.6 Å². The van der Waals surface area contributed by atoms with E-state index in [9.17, 15) is 18.0 Å². The Bertz CT molecular complexity index is 1320. The number of nitrogens with zero attached hydrogens (tertiary/aromatic N) is 2. The van der Waals surface area contributed by atoms with E-state index in [4.69, 9.17) is 4.42 Å². The van der Waals surface area contributed by atoms with Gasteiger partial charge >= 0.3 is 5.76 Å². The van der Waals surface area contributed by atoms with E-state index in [1.54, 1.807) is 4.90 Å². The van der Waals surface area contributed by atoms with Gasteiger partial charge in [-0.3, -0.25) is 9.36 Å². The summed E-state index contributed by atoms with van der Waals surface area (Å²) in [6, 6.07) is 12.0. The third-order valence-electron chi connectivity index (χ3n) is 6.11. The quantitative estimate of drug-likeness (QED) is 0.655. The van der Waals surface area contributed by atoms with Gasteiger partial charge in [0.05, 0.1) is 10.4 Å². The lowest BCUT2D eigenvalue weighted by Crippen LogP contribution is -2.34. The third kappa shape index (κ3) is 3.68. The number of para-hydroxylation sites is 1. The molecule has 1 amide bonds. The molecule has 1 aliphatic heterocycles. The summed E-state index contributed by atoms with van der Waals surface area (Å²) >= 11 is 0. The van der Waals surface area contributed by atoms with Crippen LogP contribution >= 0.6 is 0 Å². The highest BCUT2D eigenvalue weighted by Crippen LogP contribution is 2.28. The van der Waals surface area contributed by atoms with Crippen LogP contribution in [-0.2, 0) is 27.8 Å². The highest BCUT2D eigenvalue weighted by molar-refractivity contribution is 7.89. The van der Waals surface area contributed by atoms with Gasteiger partial charge in [0.25, 0.3) is 0 Å². The first-order valence-electron chi connectivity index (χ1n) is 10.5. The molecule has 1 fully saturated rings. The van der Waals surface area contributed by atoms with Crippen LogP contribution in [0.1, 0.15) is 31.2 Å². The molecule has 9 heteroatoms. The number of amides is 1. The van der Waals surface area contributed by atoms with Gasteiger partial charge in [-0.1, -0.05) is 31.0 Å². The number of hydrogen-bond donors (Lipinski definition) is 1. The van der Waals surface area contributed by atoms with E-state index in [2.05, 4.69) is 4.72 Å². The molecule has 2 aliphatic rings. The number of nitrogens with one attached hydrogen (secondary N) is 1. The predicted molar refractivity (Wildman–Crippen MR) is 116 cm³/mol. The predicted octanol–water partition coefficient (Wildman–Crippen LogP) is 2.40. The number of hydrogen-bond acceptors (Lipinski definition) is 5. The summed E-state index contributed by atoms with van der Waals surface area (Å²) in [7, 11) is -3.70. The summed E-state index contributed by atoms with van der Waals surface area (Å²) < 4.78 is 34.6. The summed E-state index contributed by atoms with van der Waals surface area (Å²) in [6.45, 7) is 0.393. The van der Waals surface area contributed by atoms with E-state index in [-0.39, 0.29) is 29.0 Å². The normalized spacial score (nSPS) is 16.8. The third-order valence-corrected chi connectivity index (χ3v) is 7.63. The van der Waals surface area contributed by atoms with Gasteiger partial charge in [-0.25, -0.2) is 17.9 Å². The van der Waals surface area contributed by atoms with Crippen LogP contribution in [0.5, 0.6) is 0 Å². The van der Waals surface area contributed by atoms with Crippen molar-refractivity contribution >= 4 is 32.7 Å². The van der Waals surface area contributed by atoms with Crippen molar-refractivity contribution in [1.29, 1.82) is 0 Å². The Kier molecular flexibility index (Phi) is 4.94. The van der Waals surface area contributed by atoms with Gasteiger partial charge in [0.2, 0.25) is 15.9 Å². The molecule has 8 nitrogen and oxygen atoms in total. The average Bonchev–Trinajstić information content (AvgIpc) is 3.47. The molecule has 5 rings (SSSR count). The first-order valence-corrected chi connectivity index (χ1v) is 11.9. The van der Waals surface area contributed by atoms with Crippen LogP contribution in [0, 0.1) is 0 Å². The molecule has 0 radical (unpaired) electrons. The number of anilines is 1. The number of carbonyl (C=O) groups excluding carboxylic acids is 1. The lowest BCUT2D eigenvalue weighted by atomic mass is 10.2. The maximum absolute atomic E-state index is 12.9. The van der Waals surface area contributed by atoms with Crippen LogP contribution in [0.2, 0.25) is 0 Å². The van der Waals surface area contributed by atoms with Gasteiger partial charge in [-0.2, -0.15) is 0 Å². The number of oxazole rings is 1. The van der Waals surface area contributed by atoms with Crippen molar-refractivity contribution in [3.63, 3.8) is 0 Å². The van der Waals surface area contributed by atoms with Crippen molar-refractivity contribution in [3.8, 4) is 0 Å². The van der Waals surface area contributed by atoms with E-state index in [1.807, 2.05) is 24.3 Å². The monoisotopic (exact) mass is 441 g/mol. The van der Waals surface area contributed by atoms with E-state index in [0.717, 1.165) is 43.4 Å². The highest BCUT2D eigenvalue weighted by atomic mass is 32.2. The lowest BCUT2D eigenvalue weighted by molar-refractivity contribution is -0.119. The molecule has 0 spiro atoms. The summed E-state index contributed by atoms with van der Waals surface area (Å²) in [5.74, 6) is -0.900. The maximum atomic E-state index is 12.9. The van der Waals surface area contributed by atoms with Crippen molar-refractivity contribution in [3.05, 3.63) is 58.6 Å². The lowest BCUT2D eigenvalue weighted by Gasteiger charge is -2.17. The molecule has 0 bridgehead atoms. The second kappa shape index (κ2) is 7.65. The zero-order chi connectivity index (χ0) is 21.6. The van der Waals surface area contributed by atoms with Crippen LogP contribution in [0.25, 0.3) is 11.1 Å². The zero-order valence-electron chi connectivity index (χ0n) is 16.9. The van der Waals surface area contributed by atoms with Gasteiger partial charge in [0.15, 0.2) is 5.58 Å². The molecule has 1 aliphatic carbocycles. The van der Waals surface area contributed by atoms with E-state index < -0.39 is 15.8 Å². The van der Waals surface area contributed by atoms with Gasteiger partial charge in [-0.15, -0.1) is 0 Å². The Morgan fingerprint density at radius 3 is 2.71 bits per heavy atom. The largest absolute Gasteiger partial charge is 0.420 e. The number of sulfonamides is 1. The number of fused-ring (bicyclic) bond motifs is 2. The summed E-state index contributed by atoms with van der Waals surface area (Å²) in [5, 5.41) is 0. The van der Waals surface area contributed by atoms with Gasteiger partial charge in [-0.05, 0) is 43.0 Å². The van der Waals surface area contributed by atoms with E-state index in [1.165, 1.54) is 22.8 Å². The fraction of sp³-hybridized carbons (Fsp3) is 0.364. The molecule has 1 aromatic heterocycles. The summed E-state index contributed by atoms with van der Waals surface area (Å²) in [6.07, 6.45) is 4.46. The SMILES string of the molecule is O=C(Cn1c(=O)oc2cc(S(=O)(=O)NC3CCCC3)ccc21)N1CCc2ccccc21. The van der Waals surface area contributed by atoms with Crippen molar-refractivity contribution in [1.82, 2.24) is 9.29 Å². The molecule has 2 heterocycles. The number of benzene rings is 2. The van der Waals surface area contributed by atoms with Crippen molar-refractivity contribution in [2.75, 3.05) is 11.4 Å². The molecule has 3 aromatic rings. The Balaban J connectivity index is 1.41. The fourth-order valence-electron chi connectivity index (χ4n) is 4.51. The number of carbonyl (C=O) groups is 1. The molecule has 2 aromatic carbocycles. The van der Waals surface area contributed by atoms with Crippen LogP contribution < -0.4 is 15.4 Å². The van der Waals surface area contributed by atoms with Crippen LogP contribution in [-0.4, -0.2) is 31.5 Å². The van der Waals surface area contributed by atoms with Gasteiger partial charge < -0.3 is 9.32 Å². The molecule has 1 saturated carbocycles. The Labute approximate surface area is 179 Å². The minimum absolute atomic E-state index is 0.0487. The van der Waals surface area contributed by atoms with Crippen molar-refractivity contribution < 1.29 is 17.6 Å². The average molecular weight is 442 g/mol. The van der Waals surface area contributed by atoms with E-state index >= 15 is 0 Å². The van der Waals surface area contributed by atoms with Gasteiger partial charge in [0, 0.05) is 24.3 Å². The highest BCUT2D eigenvalue weighted by Gasteiger charge is 2.27. The molecular weight excluding hydrogens is 418 g/mol. The minimum atomic E-state index is -3.70. The van der Waals surface area contributed by atoms with Crippen LogP contribution in [0.3, 0.4) is 0 Å². The Hall–Kier alpha value is -2.91. The molecule has 31 heavy (non-hydrogen) atoms. The summed E-state index contributed by atoms with van der Waals surface area (Å²) in [5.41, 5.74) is 2.50. The van der Waals surface area contributed by atoms with Crippen molar-refractivity contribution in [2.24, 2.45) is 0 Å². The molecule has 0 saturated heterocycles. The molecule has 0 atom stereocenters. The van der Waals surface area contributed by atoms with Crippen molar-refractivity contribution in [2.45, 2.75) is 49.6 Å². The number of rotatable bonds is 5.